The quantitative estimate of drug-likeness (QED) is 0.558. The molecule has 86 valence electrons. The number of ether oxygens (including phenoxy) is 1. The summed E-state index contributed by atoms with van der Waals surface area (Å²) < 4.78 is 5.18. The van der Waals surface area contributed by atoms with Crippen molar-refractivity contribution in [1.29, 1.82) is 0 Å². The summed E-state index contributed by atoms with van der Waals surface area (Å²) in [7, 11) is 0. The van der Waals surface area contributed by atoms with Gasteiger partial charge in [-0.3, -0.25) is 0 Å². The highest BCUT2D eigenvalue weighted by Gasteiger charge is 2.04. The second-order valence-electron chi connectivity index (χ2n) is 3.74. The van der Waals surface area contributed by atoms with Gasteiger partial charge >= 0.3 is 5.97 Å². The Morgan fingerprint density at radius 2 is 2.00 bits per heavy atom. The number of allylic oxidation sites excluding steroid dienone is 1. The molecule has 0 aliphatic heterocycles. The van der Waals surface area contributed by atoms with E-state index < -0.39 is 0 Å². The van der Waals surface area contributed by atoms with E-state index in [-0.39, 0.29) is 5.97 Å². The molecular formula is C14H18O2. The lowest BCUT2D eigenvalue weighted by Crippen LogP contribution is -2.05. The zero-order chi connectivity index (χ0) is 11.8. The zero-order valence-corrected chi connectivity index (χ0v) is 9.90. The number of esters is 1. The molecule has 0 saturated carbocycles. The minimum Gasteiger partial charge on any atom is -0.457 e. The second kappa shape index (κ2) is 6.83. The molecule has 0 N–H and O–H groups in total. The summed E-state index contributed by atoms with van der Waals surface area (Å²) in [4.78, 5) is 11.5. The zero-order valence-electron chi connectivity index (χ0n) is 9.90. The standard InChI is InChI=1S/C14H18O2/c1-3-4-8-12(2)14(15)16-11-13-9-6-5-7-10-13/h5-10H,3-4,11H2,1-2H3/b12-8+. The number of carbonyl (C=O) groups is 1. The van der Waals surface area contributed by atoms with Crippen LogP contribution in [0.5, 0.6) is 0 Å². The maximum atomic E-state index is 11.5. The molecule has 0 aliphatic rings. The Labute approximate surface area is 96.9 Å². The molecule has 16 heavy (non-hydrogen) atoms. The fourth-order valence-corrected chi connectivity index (χ4v) is 1.28. The third-order valence-corrected chi connectivity index (χ3v) is 2.27. The van der Waals surface area contributed by atoms with E-state index in [4.69, 9.17) is 4.74 Å². The highest BCUT2D eigenvalue weighted by atomic mass is 16.5. The largest absolute Gasteiger partial charge is 0.457 e. The van der Waals surface area contributed by atoms with Crippen LogP contribution in [0.4, 0.5) is 0 Å². The lowest BCUT2D eigenvalue weighted by atomic mass is 10.2. The minimum atomic E-state index is -0.225. The average Bonchev–Trinajstić information content (AvgIpc) is 2.34. The van der Waals surface area contributed by atoms with Crippen LogP contribution in [-0.4, -0.2) is 5.97 Å². The summed E-state index contributed by atoms with van der Waals surface area (Å²) >= 11 is 0. The molecular weight excluding hydrogens is 200 g/mol. The van der Waals surface area contributed by atoms with Crippen molar-refractivity contribution in [2.45, 2.75) is 33.3 Å². The summed E-state index contributed by atoms with van der Waals surface area (Å²) in [6.45, 7) is 4.22. The van der Waals surface area contributed by atoms with Gasteiger partial charge in [0.15, 0.2) is 0 Å². The number of unbranched alkanes of at least 4 members (excludes halogenated alkanes) is 1. The first-order valence-electron chi connectivity index (χ1n) is 5.62. The van der Waals surface area contributed by atoms with E-state index in [1.165, 1.54) is 0 Å². The highest BCUT2D eigenvalue weighted by molar-refractivity contribution is 5.87. The molecule has 1 aromatic rings. The molecule has 0 aromatic heterocycles. The van der Waals surface area contributed by atoms with Gasteiger partial charge in [-0.1, -0.05) is 49.8 Å². The topological polar surface area (TPSA) is 26.3 Å². The van der Waals surface area contributed by atoms with Gasteiger partial charge < -0.3 is 4.74 Å². The van der Waals surface area contributed by atoms with E-state index in [9.17, 15) is 4.79 Å². The first-order chi connectivity index (χ1) is 7.74. The van der Waals surface area contributed by atoms with Crippen molar-refractivity contribution in [2.24, 2.45) is 0 Å². The van der Waals surface area contributed by atoms with Crippen LogP contribution in [0.15, 0.2) is 42.0 Å². The van der Waals surface area contributed by atoms with Crippen molar-refractivity contribution in [1.82, 2.24) is 0 Å². The maximum Gasteiger partial charge on any atom is 0.333 e. The number of rotatable bonds is 5. The van der Waals surface area contributed by atoms with Gasteiger partial charge in [0.25, 0.3) is 0 Å². The van der Waals surface area contributed by atoms with Crippen LogP contribution in [0.25, 0.3) is 0 Å². The van der Waals surface area contributed by atoms with E-state index >= 15 is 0 Å². The summed E-state index contributed by atoms with van der Waals surface area (Å²) in [5.74, 6) is -0.225. The van der Waals surface area contributed by atoms with Gasteiger partial charge in [-0.15, -0.1) is 0 Å². The van der Waals surface area contributed by atoms with Crippen molar-refractivity contribution >= 4 is 5.97 Å². The Kier molecular flexibility index (Phi) is 5.34. The van der Waals surface area contributed by atoms with Gasteiger partial charge in [0.1, 0.15) is 6.61 Å². The van der Waals surface area contributed by atoms with Gasteiger partial charge in [0.05, 0.1) is 0 Å². The Morgan fingerprint density at radius 3 is 2.62 bits per heavy atom. The van der Waals surface area contributed by atoms with E-state index in [1.807, 2.05) is 36.4 Å². The Bertz CT molecular complexity index is 352. The molecule has 1 aromatic carbocycles. The van der Waals surface area contributed by atoms with Crippen molar-refractivity contribution < 1.29 is 9.53 Å². The number of hydrogen-bond donors (Lipinski definition) is 0. The molecule has 0 heterocycles. The fourth-order valence-electron chi connectivity index (χ4n) is 1.28. The van der Waals surface area contributed by atoms with Crippen molar-refractivity contribution in [3.63, 3.8) is 0 Å². The normalized spacial score (nSPS) is 11.2. The summed E-state index contributed by atoms with van der Waals surface area (Å²) in [5, 5.41) is 0. The first-order valence-corrected chi connectivity index (χ1v) is 5.62. The number of carbonyl (C=O) groups excluding carboxylic acids is 1. The third-order valence-electron chi connectivity index (χ3n) is 2.27. The molecule has 0 bridgehead atoms. The molecule has 0 amide bonds. The van der Waals surface area contributed by atoms with Gasteiger partial charge in [0, 0.05) is 5.57 Å². The van der Waals surface area contributed by atoms with Crippen LogP contribution in [0, 0.1) is 0 Å². The molecule has 2 nitrogen and oxygen atoms in total. The summed E-state index contributed by atoms with van der Waals surface area (Å²) in [6, 6.07) is 9.69. The lowest BCUT2D eigenvalue weighted by molar-refractivity contribution is -0.140. The van der Waals surface area contributed by atoms with Crippen molar-refractivity contribution in [3.05, 3.63) is 47.5 Å². The predicted octanol–water partition coefficient (Wildman–Crippen LogP) is 3.48. The van der Waals surface area contributed by atoms with Crippen LogP contribution >= 0.6 is 0 Å². The molecule has 0 radical (unpaired) electrons. The molecule has 0 fully saturated rings. The van der Waals surface area contributed by atoms with Crippen LogP contribution in [0.3, 0.4) is 0 Å². The molecule has 0 unspecified atom stereocenters. The molecule has 0 saturated heterocycles. The molecule has 0 atom stereocenters. The lowest BCUT2D eigenvalue weighted by Gasteiger charge is -2.04. The highest BCUT2D eigenvalue weighted by Crippen LogP contribution is 2.05. The maximum absolute atomic E-state index is 11.5. The van der Waals surface area contributed by atoms with E-state index in [0.29, 0.717) is 12.2 Å². The van der Waals surface area contributed by atoms with Crippen LogP contribution in [0.2, 0.25) is 0 Å². The molecule has 2 heteroatoms. The van der Waals surface area contributed by atoms with Crippen LogP contribution in [-0.2, 0) is 16.1 Å². The average molecular weight is 218 g/mol. The summed E-state index contributed by atoms with van der Waals surface area (Å²) in [6.07, 6.45) is 3.89. The molecule has 0 spiro atoms. The molecule has 1 rings (SSSR count). The second-order valence-corrected chi connectivity index (χ2v) is 3.74. The number of benzene rings is 1. The SMILES string of the molecule is CCC/C=C(\C)C(=O)OCc1ccccc1. The Balaban J connectivity index is 2.41. The van der Waals surface area contributed by atoms with E-state index in [2.05, 4.69) is 6.92 Å². The van der Waals surface area contributed by atoms with E-state index in [1.54, 1.807) is 6.92 Å². The predicted molar refractivity (Wildman–Crippen MR) is 64.9 cm³/mol. The van der Waals surface area contributed by atoms with Crippen molar-refractivity contribution in [3.8, 4) is 0 Å². The number of hydrogen-bond acceptors (Lipinski definition) is 2. The van der Waals surface area contributed by atoms with Crippen LogP contribution < -0.4 is 0 Å². The van der Waals surface area contributed by atoms with Gasteiger partial charge in [-0.25, -0.2) is 4.79 Å². The van der Waals surface area contributed by atoms with Gasteiger partial charge in [0.2, 0.25) is 0 Å². The monoisotopic (exact) mass is 218 g/mol. The summed E-state index contributed by atoms with van der Waals surface area (Å²) in [5.41, 5.74) is 1.71. The van der Waals surface area contributed by atoms with Gasteiger partial charge in [-0.2, -0.15) is 0 Å². The third kappa shape index (κ3) is 4.30. The first kappa shape index (κ1) is 12.5. The van der Waals surface area contributed by atoms with E-state index in [0.717, 1.165) is 18.4 Å². The Morgan fingerprint density at radius 1 is 1.31 bits per heavy atom. The minimum absolute atomic E-state index is 0.225. The smallest absolute Gasteiger partial charge is 0.333 e. The van der Waals surface area contributed by atoms with Gasteiger partial charge in [-0.05, 0) is 18.9 Å². The molecule has 0 aliphatic carbocycles. The van der Waals surface area contributed by atoms with Crippen molar-refractivity contribution in [2.75, 3.05) is 0 Å². The fraction of sp³-hybridized carbons (Fsp3) is 0.357. The Hall–Kier alpha value is -1.57. The van der Waals surface area contributed by atoms with Crippen LogP contribution in [0.1, 0.15) is 32.3 Å².